The minimum Gasteiger partial charge on any atom is -0.497 e. The standard InChI is InChI=1S/C19H22N2O3/c1-5-15(22)19-18(20-17-8-6-7-12(2)21(17)19)14-11-13(23-3)9-10-16(14)24-4/h6-11,15,22H,5H2,1-4H3. The summed E-state index contributed by atoms with van der Waals surface area (Å²) in [7, 11) is 3.25. The number of hydrogen-bond donors (Lipinski definition) is 1. The number of imidazole rings is 1. The fourth-order valence-electron chi connectivity index (χ4n) is 2.98. The Labute approximate surface area is 141 Å². The number of hydrogen-bond acceptors (Lipinski definition) is 4. The van der Waals surface area contributed by atoms with Crippen molar-refractivity contribution in [1.29, 1.82) is 0 Å². The van der Waals surface area contributed by atoms with Gasteiger partial charge in [-0.05, 0) is 43.7 Å². The van der Waals surface area contributed by atoms with E-state index in [4.69, 9.17) is 14.5 Å². The summed E-state index contributed by atoms with van der Waals surface area (Å²) >= 11 is 0. The molecule has 1 unspecified atom stereocenters. The van der Waals surface area contributed by atoms with Crippen molar-refractivity contribution in [2.24, 2.45) is 0 Å². The third-order valence-electron chi connectivity index (χ3n) is 4.24. The number of aromatic nitrogens is 2. The molecule has 0 aliphatic heterocycles. The van der Waals surface area contributed by atoms with Gasteiger partial charge in [0, 0.05) is 11.3 Å². The second kappa shape index (κ2) is 6.53. The van der Waals surface area contributed by atoms with Crippen LogP contribution in [0.3, 0.4) is 0 Å². The van der Waals surface area contributed by atoms with Gasteiger partial charge in [0.15, 0.2) is 0 Å². The SMILES string of the molecule is CCC(O)c1c(-c2cc(OC)ccc2OC)nc2cccc(C)n12. The Bertz CT molecular complexity index is 870. The lowest BCUT2D eigenvalue weighted by Gasteiger charge is -2.14. The summed E-state index contributed by atoms with van der Waals surface area (Å²) in [5.74, 6) is 1.41. The van der Waals surface area contributed by atoms with Gasteiger partial charge in [-0.25, -0.2) is 4.98 Å². The monoisotopic (exact) mass is 326 g/mol. The van der Waals surface area contributed by atoms with Crippen LogP contribution in [0.2, 0.25) is 0 Å². The third kappa shape index (κ3) is 2.61. The number of pyridine rings is 1. The number of nitrogens with zero attached hydrogens (tertiary/aromatic N) is 2. The van der Waals surface area contributed by atoms with Crippen molar-refractivity contribution in [3.05, 3.63) is 47.8 Å². The predicted octanol–water partition coefficient (Wildman–Crippen LogP) is 3.77. The second-order valence-electron chi connectivity index (χ2n) is 5.70. The average Bonchev–Trinajstić information content (AvgIpc) is 3.01. The highest BCUT2D eigenvalue weighted by molar-refractivity contribution is 5.74. The van der Waals surface area contributed by atoms with Crippen LogP contribution in [0, 0.1) is 6.92 Å². The van der Waals surface area contributed by atoms with Gasteiger partial charge in [0.25, 0.3) is 0 Å². The molecule has 0 fully saturated rings. The fourth-order valence-corrected chi connectivity index (χ4v) is 2.98. The summed E-state index contributed by atoms with van der Waals surface area (Å²) < 4.78 is 12.9. The van der Waals surface area contributed by atoms with Crippen LogP contribution in [0.4, 0.5) is 0 Å². The van der Waals surface area contributed by atoms with Gasteiger partial charge in [-0.3, -0.25) is 4.40 Å². The van der Waals surface area contributed by atoms with Crippen LogP contribution in [-0.2, 0) is 0 Å². The lowest BCUT2D eigenvalue weighted by Crippen LogP contribution is -2.05. The number of benzene rings is 1. The van der Waals surface area contributed by atoms with Gasteiger partial charge < -0.3 is 14.6 Å². The molecule has 5 nitrogen and oxygen atoms in total. The van der Waals surface area contributed by atoms with E-state index in [1.54, 1.807) is 14.2 Å². The molecular formula is C19H22N2O3. The quantitative estimate of drug-likeness (QED) is 0.775. The minimum absolute atomic E-state index is 0.599. The Balaban J connectivity index is 2.36. The van der Waals surface area contributed by atoms with Crippen LogP contribution in [0.25, 0.3) is 16.9 Å². The normalized spacial score (nSPS) is 12.4. The molecule has 0 amide bonds. The fraction of sp³-hybridized carbons (Fsp3) is 0.316. The maximum atomic E-state index is 10.6. The molecule has 0 aliphatic carbocycles. The molecular weight excluding hydrogens is 304 g/mol. The Morgan fingerprint density at radius 1 is 1.17 bits per heavy atom. The molecule has 0 bridgehead atoms. The van der Waals surface area contributed by atoms with E-state index in [2.05, 4.69) is 0 Å². The summed E-state index contributed by atoms with van der Waals surface area (Å²) in [5, 5.41) is 10.6. The first kappa shape index (κ1) is 16.3. The smallest absolute Gasteiger partial charge is 0.137 e. The highest BCUT2D eigenvalue weighted by Gasteiger charge is 2.23. The van der Waals surface area contributed by atoms with E-state index in [0.717, 1.165) is 34.0 Å². The van der Waals surface area contributed by atoms with Gasteiger partial charge in [0.2, 0.25) is 0 Å². The summed E-state index contributed by atoms with van der Waals surface area (Å²) in [6.07, 6.45) is -0.0199. The lowest BCUT2D eigenvalue weighted by atomic mass is 10.0. The highest BCUT2D eigenvalue weighted by Crippen LogP contribution is 2.38. The highest BCUT2D eigenvalue weighted by atomic mass is 16.5. The Morgan fingerprint density at radius 3 is 2.62 bits per heavy atom. The Kier molecular flexibility index (Phi) is 4.44. The number of ether oxygens (including phenoxy) is 2. The molecule has 1 atom stereocenters. The molecule has 1 N–H and O–H groups in total. The molecule has 3 rings (SSSR count). The zero-order valence-electron chi connectivity index (χ0n) is 14.4. The largest absolute Gasteiger partial charge is 0.497 e. The van der Waals surface area contributed by atoms with E-state index < -0.39 is 6.10 Å². The van der Waals surface area contributed by atoms with Crippen molar-refractivity contribution in [2.45, 2.75) is 26.4 Å². The van der Waals surface area contributed by atoms with E-state index in [1.165, 1.54) is 0 Å². The Hall–Kier alpha value is -2.53. The molecule has 5 heteroatoms. The first-order valence-electron chi connectivity index (χ1n) is 7.99. The van der Waals surface area contributed by atoms with Gasteiger partial charge in [0.1, 0.15) is 17.1 Å². The van der Waals surface area contributed by atoms with Gasteiger partial charge in [-0.1, -0.05) is 13.0 Å². The van der Waals surface area contributed by atoms with Crippen LogP contribution in [0.1, 0.15) is 30.8 Å². The molecule has 0 saturated heterocycles. The lowest BCUT2D eigenvalue weighted by molar-refractivity contribution is 0.168. The van der Waals surface area contributed by atoms with Gasteiger partial charge in [-0.2, -0.15) is 0 Å². The molecule has 3 aromatic rings. The average molecular weight is 326 g/mol. The molecule has 24 heavy (non-hydrogen) atoms. The second-order valence-corrected chi connectivity index (χ2v) is 5.70. The van der Waals surface area contributed by atoms with E-state index in [1.807, 2.05) is 54.6 Å². The molecule has 1 aromatic carbocycles. The van der Waals surface area contributed by atoms with Gasteiger partial charge in [-0.15, -0.1) is 0 Å². The summed E-state index contributed by atoms with van der Waals surface area (Å²) in [5.41, 5.74) is 4.13. The van der Waals surface area contributed by atoms with Crippen molar-refractivity contribution in [3.8, 4) is 22.8 Å². The van der Waals surface area contributed by atoms with Crippen molar-refractivity contribution in [3.63, 3.8) is 0 Å². The van der Waals surface area contributed by atoms with E-state index >= 15 is 0 Å². The minimum atomic E-state index is -0.619. The summed E-state index contributed by atoms with van der Waals surface area (Å²) in [4.78, 5) is 4.76. The number of fused-ring (bicyclic) bond motifs is 1. The van der Waals surface area contributed by atoms with Crippen molar-refractivity contribution in [2.75, 3.05) is 14.2 Å². The molecule has 126 valence electrons. The van der Waals surface area contributed by atoms with Crippen LogP contribution in [0.5, 0.6) is 11.5 Å². The maximum absolute atomic E-state index is 10.6. The predicted molar refractivity (Wildman–Crippen MR) is 93.7 cm³/mol. The summed E-state index contributed by atoms with van der Waals surface area (Å²) in [6, 6.07) is 11.5. The zero-order valence-corrected chi connectivity index (χ0v) is 14.4. The van der Waals surface area contributed by atoms with Crippen LogP contribution >= 0.6 is 0 Å². The topological polar surface area (TPSA) is 56.0 Å². The van der Waals surface area contributed by atoms with Crippen molar-refractivity contribution < 1.29 is 14.6 Å². The molecule has 0 saturated carbocycles. The van der Waals surface area contributed by atoms with Crippen LogP contribution < -0.4 is 9.47 Å². The Morgan fingerprint density at radius 2 is 1.96 bits per heavy atom. The molecule has 2 aromatic heterocycles. The zero-order chi connectivity index (χ0) is 17.3. The first-order chi connectivity index (χ1) is 11.6. The molecule has 0 spiro atoms. The number of methoxy groups -OCH3 is 2. The van der Waals surface area contributed by atoms with Crippen molar-refractivity contribution in [1.82, 2.24) is 9.38 Å². The number of aryl methyl sites for hydroxylation is 1. The first-order valence-corrected chi connectivity index (χ1v) is 7.99. The van der Waals surface area contributed by atoms with Gasteiger partial charge in [0.05, 0.1) is 31.7 Å². The van der Waals surface area contributed by atoms with Crippen molar-refractivity contribution >= 4 is 5.65 Å². The number of rotatable bonds is 5. The molecule has 0 radical (unpaired) electrons. The van der Waals surface area contributed by atoms with Gasteiger partial charge >= 0.3 is 0 Å². The number of aliphatic hydroxyl groups excluding tert-OH is 1. The third-order valence-corrected chi connectivity index (χ3v) is 4.24. The molecule has 2 heterocycles. The van der Waals surface area contributed by atoms with E-state index in [-0.39, 0.29) is 0 Å². The van der Waals surface area contributed by atoms with Crippen LogP contribution in [-0.4, -0.2) is 28.7 Å². The summed E-state index contributed by atoms with van der Waals surface area (Å²) in [6.45, 7) is 3.96. The van der Waals surface area contributed by atoms with E-state index in [0.29, 0.717) is 12.2 Å². The van der Waals surface area contributed by atoms with E-state index in [9.17, 15) is 5.11 Å². The maximum Gasteiger partial charge on any atom is 0.137 e. The molecule has 0 aliphatic rings. The number of aliphatic hydroxyl groups is 1. The van der Waals surface area contributed by atoms with Crippen LogP contribution in [0.15, 0.2) is 36.4 Å².